The van der Waals surface area contributed by atoms with Crippen molar-refractivity contribution < 1.29 is 9.59 Å². The zero-order valence-electron chi connectivity index (χ0n) is 25.2. The number of amides is 2. The molecule has 2 N–H and O–H groups in total. The average Bonchev–Trinajstić information content (AvgIpc) is 2.65. The van der Waals surface area contributed by atoms with E-state index in [4.69, 9.17) is 0 Å². The lowest BCUT2D eigenvalue weighted by Crippen LogP contribution is -2.42. The van der Waals surface area contributed by atoms with E-state index in [1.54, 1.807) is 0 Å². The molecule has 204 valence electrons. The lowest BCUT2D eigenvalue weighted by atomic mass is 9.70. The predicted molar refractivity (Wildman–Crippen MR) is 148 cm³/mol. The fraction of sp³-hybridized carbons (Fsp3) is 0.929. The normalized spacial score (nSPS) is 12.1. The zero-order chi connectivity index (χ0) is 27.8. The van der Waals surface area contributed by atoms with Gasteiger partial charge in [-0.3, -0.25) is 9.59 Å². The highest BCUT2D eigenvalue weighted by molar-refractivity contribution is 5.78. The van der Waals surface area contributed by atoms with Crippen LogP contribution in [0, 0.1) is 32.5 Å². The molecule has 0 aliphatic rings. The smallest absolute Gasteiger partial charge is 0.245 e. The van der Waals surface area contributed by atoms with Gasteiger partial charge < -0.3 is 10.6 Å². The zero-order valence-corrected chi connectivity index (χ0v) is 25.2. The number of carbonyl (C=O) groups excluding carboxylic acids is 2. The minimum atomic E-state index is -0.355. The minimum Gasteiger partial charge on any atom is -0.356 e. The van der Waals surface area contributed by atoms with Crippen molar-refractivity contribution in [1.82, 2.24) is 10.6 Å². The van der Waals surface area contributed by atoms with Gasteiger partial charge >= 0.3 is 0 Å². The molecule has 0 rings (SSSR count). The Hall–Kier alpha value is -1.46. The second kappa shape index (κ2) is 17.0. The molecule has 0 aliphatic carbocycles. The summed E-state index contributed by atoms with van der Waals surface area (Å²) in [5.74, 6) is 0.386. The molecular weight excluding hydrogens is 426 g/mol. The van der Waals surface area contributed by atoms with Crippen LogP contribution in [-0.4, -0.2) is 31.4 Å². The molecule has 0 aromatic heterocycles. The van der Waals surface area contributed by atoms with Gasteiger partial charge in [0, 0.05) is 19.5 Å². The molecule has 2 amide bonds. The molecule has 0 radical (unpaired) electrons. The summed E-state index contributed by atoms with van der Waals surface area (Å²) in [5, 5.41) is 8.50. The van der Waals surface area contributed by atoms with E-state index in [1.807, 2.05) is 27.7 Å². The highest BCUT2D eigenvalue weighted by Crippen LogP contribution is 2.40. The van der Waals surface area contributed by atoms with Crippen LogP contribution in [0.5, 0.6) is 0 Å². The summed E-state index contributed by atoms with van der Waals surface area (Å²) in [7, 11) is 0. The third-order valence-electron chi connectivity index (χ3n) is 5.25. The Bertz CT molecular complexity index is 579. The van der Waals surface area contributed by atoms with Crippen LogP contribution in [0.15, 0.2) is 5.18 Å². The Labute approximate surface area is 212 Å². The van der Waals surface area contributed by atoms with Crippen LogP contribution in [-0.2, 0) is 9.59 Å². The first kappa shape index (κ1) is 37.1. The molecule has 0 aromatic carbocycles. The Balaban J connectivity index is -0.00000227. The second-order valence-corrected chi connectivity index (χ2v) is 12.6. The van der Waals surface area contributed by atoms with Crippen molar-refractivity contribution in [3.63, 3.8) is 0 Å². The predicted octanol–water partition coefficient (Wildman–Crippen LogP) is 7.36. The van der Waals surface area contributed by atoms with Gasteiger partial charge in [0.1, 0.15) is 0 Å². The molecule has 0 aliphatic heterocycles. The maximum Gasteiger partial charge on any atom is 0.245 e. The molecule has 0 saturated carbocycles. The Kier molecular flexibility index (Phi) is 18.6. The van der Waals surface area contributed by atoms with Crippen LogP contribution in [0.2, 0.25) is 0 Å². The van der Waals surface area contributed by atoms with Crippen LogP contribution < -0.4 is 10.6 Å². The number of rotatable bonds is 14. The third kappa shape index (κ3) is 21.1. The molecule has 0 saturated heterocycles. The fourth-order valence-electron chi connectivity index (χ4n) is 5.24. The van der Waals surface area contributed by atoms with Crippen LogP contribution in [0.1, 0.15) is 123 Å². The Morgan fingerprint density at radius 2 is 1.06 bits per heavy atom. The van der Waals surface area contributed by atoms with Gasteiger partial charge in [-0.25, -0.2) is 0 Å². The van der Waals surface area contributed by atoms with Gasteiger partial charge in [0.25, 0.3) is 0 Å². The van der Waals surface area contributed by atoms with Gasteiger partial charge in [-0.05, 0) is 46.8 Å². The highest BCUT2D eigenvalue weighted by atomic mass is 16.3. The molecule has 6 nitrogen and oxygen atoms in total. The largest absolute Gasteiger partial charge is 0.356 e. The average molecular weight is 486 g/mol. The number of nitrogens with zero attached hydrogens (tertiary/aromatic N) is 1. The van der Waals surface area contributed by atoms with Crippen LogP contribution in [0.25, 0.3) is 0 Å². The summed E-state index contributed by atoms with van der Waals surface area (Å²) >= 11 is 0. The van der Waals surface area contributed by atoms with Gasteiger partial charge in [-0.1, -0.05) is 102 Å². The number of hydrogen-bond acceptors (Lipinski definition) is 4. The van der Waals surface area contributed by atoms with Crippen molar-refractivity contribution >= 4 is 11.8 Å². The number of nitrogens with one attached hydrogen (secondary N) is 2. The van der Waals surface area contributed by atoms with Crippen molar-refractivity contribution in [2.75, 3.05) is 19.6 Å². The lowest BCUT2D eigenvalue weighted by Gasteiger charge is -2.37. The van der Waals surface area contributed by atoms with Crippen LogP contribution in [0.3, 0.4) is 0 Å². The molecule has 0 unspecified atom stereocenters. The van der Waals surface area contributed by atoms with E-state index in [2.05, 4.69) is 85.0 Å². The van der Waals surface area contributed by atoms with E-state index in [-0.39, 0.29) is 40.0 Å². The van der Waals surface area contributed by atoms with E-state index in [0.717, 1.165) is 19.3 Å². The first-order valence-corrected chi connectivity index (χ1v) is 13.2. The lowest BCUT2D eigenvalue weighted by molar-refractivity contribution is -0.124. The topological polar surface area (TPSA) is 87.6 Å². The van der Waals surface area contributed by atoms with E-state index < -0.39 is 0 Å². The summed E-state index contributed by atoms with van der Waals surface area (Å²) in [6.07, 6.45) is 3.50. The van der Waals surface area contributed by atoms with Gasteiger partial charge in [0.2, 0.25) is 11.8 Å². The monoisotopic (exact) mass is 485 g/mol. The van der Waals surface area contributed by atoms with Gasteiger partial charge in [0.05, 0.1) is 0 Å². The maximum absolute atomic E-state index is 12.7. The molecule has 0 heterocycles. The summed E-state index contributed by atoms with van der Waals surface area (Å²) in [6.45, 7) is 30.5. The molecule has 34 heavy (non-hydrogen) atoms. The first-order chi connectivity index (χ1) is 15.4. The summed E-state index contributed by atoms with van der Waals surface area (Å²) in [5.41, 5.74) is -0.116. The molecule has 0 aromatic rings. The molecule has 0 bridgehead atoms. The van der Waals surface area contributed by atoms with Crippen LogP contribution >= 0.6 is 0 Å². The summed E-state index contributed by atoms with van der Waals surface area (Å²) in [4.78, 5) is 34.3. The molecule has 0 atom stereocenters. The SMILES string of the molecule is CC.CC.CC(C)CC(C)(C)CC(C)(C)CC(=O)NCC(C)(C)CC(C)(C)CNC(=O)CN=O. The van der Waals surface area contributed by atoms with Crippen LogP contribution in [0.4, 0.5) is 0 Å². The quantitative estimate of drug-likeness (QED) is 0.252. The summed E-state index contributed by atoms with van der Waals surface area (Å²) < 4.78 is 0. The maximum atomic E-state index is 12.7. The van der Waals surface area contributed by atoms with Crippen molar-refractivity contribution in [3.05, 3.63) is 4.91 Å². The fourth-order valence-corrected chi connectivity index (χ4v) is 5.24. The van der Waals surface area contributed by atoms with Crippen molar-refractivity contribution in [2.45, 2.75) is 123 Å². The second-order valence-electron chi connectivity index (χ2n) is 12.6. The van der Waals surface area contributed by atoms with Crippen molar-refractivity contribution in [3.8, 4) is 0 Å². The van der Waals surface area contributed by atoms with E-state index in [1.165, 1.54) is 0 Å². The van der Waals surface area contributed by atoms with E-state index in [9.17, 15) is 14.5 Å². The minimum absolute atomic E-state index is 0.0528. The van der Waals surface area contributed by atoms with Gasteiger partial charge in [-0.15, -0.1) is 0 Å². The Morgan fingerprint density at radius 3 is 1.44 bits per heavy atom. The number of nitroso groups, excluding NO2 is 1. The first-order valence-electron chi connectivity index (χ1n) is 13.2. The van der Waals surface area contributed by atoms with Crippen molar-refractivity contribution in [1.29, 1.82) is 0 Å². The standard InChI is InChI=1S/C24H47N3O3.2C2H6/c1-18(2)11-21(3,4)14-22(5,6)12-19(28)25-16-23(7,8)15-24(9,10)17-26-20(29)13-27-30;2*1-2/h18H,11-17H2,1-10H3,(H,25,28)(H,26,29);2*1-2H3. The number of hydrogen-bond donors (Lipinski definition) is 2. The molecular formula is C28H59N3O3. The Morgan fingerprint density at radius 1 is 0.676 bits per heavy atom. The van der Waals surface area contributed by atoms with Gasteiger partial charge in [-0.2, -0.15) is 4.91 Å². The summed E-state index contributed by atoms with van der Waals surface area (Å²) in [6, 6.07) is 0. The molecule has 0 spiro atoms. The van der Waals surface area contributed by atoms with Crippen molar-refractivity contribution in [2.24, 2.45) is 32.8 Å². The van der Waals surface area contributed by atoms with E-state index in [0.29, 0.717) is 25.4 Å². The third-order valence-corrected chi connectivity index (χ3v) is 5.25. The molecule has 6 heteroatoms. The molecule has 0 fully saturated rings. The number of carbonyl (C=O) groups is 2. The highest BCUT2D eigenvalue weighted by Gasteiger charge is 2.33. The van der Waals surface area contributed by atoms with E-state index >= 15 is 0 Å². The van der Waals surface area contributed by atoms with Gasteiger partial charge in [0.15, 0.2) is 6.54 Å².